The van der Waals surface area contributed by atoms with Crippen molar-refractivity contribution >= 4 is 43.5 Å². The van der Waals surface area contributed by atoms with Crippen LogP contribution in [0, 0.1) is 6.92 Å². The predicted molar refractivity (Wildman–Crippen MR) is 85.7 cm³/mol. The summed E-state index contributed by atoms with van der Waals surface area (Å²) in [7, 11) is 0. The van der Waals surface area contributed by atoms with Gasteiger partial charge in [-0.25, -0.2) is 0 Å². The molecular weight excluding hydrogens is 375 g/mol. The summed E-state index contributed by atoms with van der Waals surface area (Å²) in [6.07, 6.45) is 0.945. The third-order valence-electron chi connectivity index (χ3n) is 2.79. The van der Waals surface area contributed by atoms with Crippen LogP contribution >= 0.6 is 43.5 Å². The van der Waals surface area contributed by atoms with Crippen LogP contribution in [0.25, 0.3) is 0 Å². The number of hydrogen-bond donors (Lipinski definition) is 0. The van der Waals surface area contributed by atoms with Gasteiger partial charge in [-0.3, -0.25) is 0 Å². The van der Waals surface area contributed by atoms with E-state index in [4.69, 9.17) is 11.6 Å². The van der Waals surface area contributed by atoms with Gasteiger partial charge in [0.25, 0.3) is 0 Å². The summed E-state index contributed by atoms with van der Waals surface area (Å²) in [6, 6.07) is 14.5. The van der Waals surface area contributed by atoms with E-state index in [-0.39, 0.29) is 4.83 Å². The number of hydrogen-bond acceptors (Lipinski definition) is 0. The van der Waals surface area contributed by atoms with E-state index in [1.54, 1.807) is 0 Å². The van der Waals surface area contributed by atoms with Crippen molar-refractivity contribution in [2.75, 3.05) is 0 Å². The zero-order valence-corrected chi connectivity index (χ0v) is 13.9. The summed E-state index contributed by atoms with van der Waals surface area (Å²) in [5, 5.41) is 0.766. The van der Waals surface area contributed by atoms with E-state index in [1.165, 1.54) is 16.7 Å². The third-order valence-corrected chi connectivity index (χ3v) is 4.57. The average molecular weight is 389 g/mol. The molecular formula is C15H13Br2Cl. The molecule has 0 fully saturated rings. The number of halogens is 3. The smallest absolute Gasteiger partial charge is 0.0447 e. The molecule has 0 saturated carbocycles. The molecule has 0 saturated heterocycles. The van der Waals surface area contributed by atoms with E-state index in [1.807, 2.05) is 18.2 Å². The van der Waals surface area contributed by atoms with Crippen LogP contribution in [0.15, 0.2) is 46.9 Å². The highest BCUT2D eigenvalue weighted by Crippen LogP contribution is 2.34. The van der Waals surface area contributed by atoms with Crippen LogP contribution in [-0.4, -0.2) is 0 Å². The van der Waals surface area contributed by atoms with Crippen LogP contribution in [0.5, 0.6) is 0 Å². The first-order valence-corrected chi connectivity index (χ1v) is 7.79. The van der Waals surface area contributed by atoms with Gasteiger partial charge in [-0.05, 0) is 42.7 Å². The molecule has 94 valence electrons. The summed E-state index contributed by atoms with van der Waals surface area (Å²) < 4.78 is 1.08. The molecule has 2 aromatic rings. The quantitative estimate of drug-likeness (QED) is 0.558. The minimum atomic E-state index is 0.257. The second kappa shape index (κ2) is 6.23. The van der Waals surface area contributed by atoms with Gasteiger partial charge in [-0.2, -0.15) is 0 Å². The van der Waals surface area contributed by atoms with Gasteiger partial charge >= 0.3 is 0 Å². The lowest BCUT2D eigenvalue weighted by Gasteiger charge is -2.13. The Hall–Kier alpha value is -0.310. The molecule has 3 heteroatoms. The SMILES string of the molecule is Cc1cccc(CC(Br)c2cc(Cl)ccc2Br)c1. The highest BCUT2D eigenvalue weighted by Gasteiger charge is 2.12. The molecule has 1 unspecified atom stereocenters. The molecule has 2 aromatic carbocycles. The summed E-state index contributed by atoms with van der Waals surface area (Å²) in [5.74, 6) is 0. The van der Waals surface area contributed by atoms with Gasteiger partial charge in [0.05, 0.1) is 0 Å². The summed E-state index contributed by atoms with van der Waals surface area (Å²) >= 11 is 13.4. The molecule has 1 atom stereocenters. The highest BCUT2D eigenvalue weighted by molar-refractivity contribution is 9.11. The first-order valence-electron chi connectivity index (χ1n) is 5.71. The van der Waals surface area contributed by atoms with Crippen molar-refractivity contribution in [2.45, 2.75) is 18.2 Å². The van der Waals surface area contributed by atoms with Gasteiger partial charge in [0, 0.05) is 14.3 Å². The molecule has 0 bridgehead atoms. The third kappa shape index (κ3) is 3.59. The van der Waals surface area contributed by atoms with Gasteiger partial charge < -0.3 is 0 Å². The number of benzene rings is 2. The molecule has 0 heterocycles. The lowest BCUT2D eigenvalue weighted by molar-refractivity contribution is 0.941. The van der Waals surface area contributed by atoms with Crippen LogP contribution in [0.1, 0.15) is 21.5 Å². The molecule has 0 nitrogen and oxygen atoms in total. The Bertz CT molecular complexity index is 552. The molecule has 0 aromatic heterocycles. The van der Waals surface area contributed by atoms with E-state index in [0.29, 0.717) is 0 Å². The van der Waals surface area contributed by atoms with Crippen molar-refractivity contribution in [3.05, 3.63) is 68.7 Å². The molecule has 2 rings (SSSR count). The monoisotopic (exact) mass is 386 g/mol. The van der Waals surface area contributed by atoms with Crippen LogP contribution < -0.4 is 0 Å². The van der Waals surface area contributed by atoms with Crippen molar-refractivity contribution in [3.8, 4) is 0 Å². The Morgan fingerprint density at radius 2 is 1.94 bits per heavy atom. The molecule has 0 aliphatic rings. The van der Waals surface area contributed by atoms with Crippen LogP contribution in [0.4, 0.5) is 0 Å². The molecule has 0 N–H and O–H groups in total. The minimum Gasteiger partial charge on any atom is -0.0843 e. The fraction of sp³-hybridized carbons (Fsp3) is 0.200. The Morgan fingerprint density at radius 1 is 1.17 bits per heavy atom. The normalized spacial score (nSPS) is 12.4. The molecule has 0 spiro atoms. The number of alkyl halides is 1. The van der Waals surface area contributed by atoms with Gasteiger partial charge in [0.1, 0.15) is 0 Å². The zero-order valence-electron chi connectivity index (χ0n) is 9.96. The standard InChI is InChI=1S/C15H13Br2Cl/c1-10-3-2-4-11(7-10)8-15(17)13-9-12(18)5-6-14(13)16/h2-7,9,15H,8H2,1H3. The Morgan fingerprint density at radius 3 is 2.67 bits per heavy atom. The fourth-order valence-corrected chi connectivity index (χ4v) is 3.67. The van der Waals surface area contributed by atoms with E-state index in [0.717, 1.165) is 15.9 Å². The van der Waals surface area contributed by atoms with E-state index in [9.17, 15) is 0 Å². The Balaban J connectivity index is 2.21. The molecule has 0 radical (unpaired) electrons. The predicted octanol–water partition coefficient (Wildman–Crippen LogP) is 6.09. The highest BCUT2D eigenvalue weighted by atomic mass is 79.9. The topological polar surface area (TPSA) is 0 Å². The molecule has 18 heavy (non-hydrogen) atoms. The van der Waals surface area contributed by atoms with Gasteiger partial charge in [0.2, 0.25) is 0 Å². The second-order valence-corrected chi connectivity index (χ2v) is 6.72. The summed E-state index contributed by atoms with van der Waals surface area (Å²) in [6.45, 7) is 2.11. The maximum absolute atomic E-state index is 6.05. The van der Waals surface area contributed by atoms with Crippen molar-refractivity contribution in [3.63, 3.8) is 0 Å². The second-order valence-electron chi connectivity index (χ2n) is 4.33. The van der Waals surface area contributed by atoms with Gasteiger partial charge in [0.15, 0.2) is 0 Å². The maximum atomic E-state index is 6.05. The summed E-state index contributed by atoms with van der Waals surface area (Å²) in [4.78, 5) is 0.257. The van der Waals surface area contributed by atoms with Crippen molar-refractivity contribution < 1.29 is 0 Å². The first kappa shape index (κ1) is 14.1. The Labute approximate surface area is 130 Å². The number of aryl methyl sites for hydroxylation is 1. The molecule has 0 aliphatic carbocycles. The summed E-state index contributed by atoms with van der Waals surface area (Å²) in [5.41, 5.74) is 3.80. The van der Waals surface area contributed by atoms with Crippen molar-refractivity contribution in [1.82, 2.24) is 0 Å². The van der Waals surface area contributed by atoms with E-state index >= 15 is 0 Å². The van der Waals surface area contributed by atoms with Crippen LogP contribution in [0.2, 0.25) is 5.02 Å². The van der Waals surface area contributed by atoms with E-state index < -0.39 is 0 Å². The van der Waals surface area contributed by atoms with Crippen molar-refractivity contribution in [2.24, 2.45) is 0 Å². The Kier molecular flexibility index (Phi) is 4.88. The van der Waals surface area contributed by atoms with E-state index in [2.05, 4.69) is 63.0 Å². The van der Waals surface area contributed by atoms with Gasteiger partial charge in [-0.1, -0.05) is 73.3 Å². The maximum Gasteiger partial charge on any atom is 0.0447 e. The molecule has 0 aliphatic heterocycles. The molecule has 0 amide bonds. The number of rotatable bonds is 3. The van der Waals surface area contributed by atoms with Gasteiger partial charge in [-0.15, -0.1) is 0 Å². The zero-order chi connectivity index (χ0) is 13.1. The largest absolute Gasteiger partial charge is 0.0843 e. The average Bonchev–Trinajstić information content (AvgIpc) is 2.32. The van der Waals surface area contributed by atoms with Crippen molar-refractivity contribution in [1.29, 1.82) is 0 Å². The first-order chi connectivity index (χ1) is 8.56. The van der Waals surface area contributed by atoms with Crippen LogP contribution in [-0.2, 0) is 6.42 Å². The lowest BCUT2D eigenvalue weighted by Crippen LogP contribution is -1.97. The van der Waals surface area contributed by atoms with Crippen LogP contribution in [0.3, 0.4) is 0 Å². The minimum absolute atomic E-state index is 0.257. The lowest BCUT2D eigenvalue weighted by atomic mass is 10.0. The fourth-order valence-electron chi connectivity index (χ4n) is 1.91.